The van der Waals surface area contributed by atoms with Gasteiger partial charge < -0.3 is 15.2 Å². The minimum Gasteiger partial charge on any atom is -0.505 e. The van der Waals surface area contributed by atoms with Crippen LogP contribution in [0.3, 0.4) is 0 Å². The standard InChI is InChI=1S/C20H15ClN6O11S3/c1-38-20-24-18(21)23-19(25-20)22-12-8-10(39(29,30)31)6-9-7-14(41(35,36)37)16(17(28)15(9)12)27-26-11-4-2-3-5-13(11)40(32,33)34/h2-8,28H,1H3,(H,29,30,31)(H,32,33,34)(H,35,36,37)(H,22,23,24,25). The number of aromatic nitrogens is 3. The molecule has 17 nitrogen and oxygen atoms in total. The maximum absolute atomic E-state index is 12.2. The molecule has 216 valence electrons. The van der Waals surface area contributed by atoms with Gasteiger partial charge in [-0.15, -0.1) is 10.2 Å². The molecule has 0 aliphatic heterocycles. The van der Waals surface area contributed by atoms with E-state index in [4.69, 9.17) is 16.3 Å². The first kappa shape index (κ1) is 29.9. The van der Waals surface area contributed by atoms with Crippen molar-refractivity contribution in [3.8, 4) is 11.8 Å². The van der Waals surface area contributed by atoms with Gasteiger partial charge in [-0.3, -0.25) is 13.7 Å². The molecule has 0 bridgehead atoms. The zero-order valence-corrected chi connectivity index (χ0v) is 23.2. The summed E-state index contributed by atoms with van der Waals surface area (Å²) in [5.41, 5.74) is -1.74. The molecule has 5 N–H and O–H groups in total. The highest BCUT2D eigenvalue weighted by Gasteiger charge is 2.26. The Bertz CT molecular complexity index is 2070. The number of halogens is 1. The summed E-state index contributed by atoms with van der Waals surface area (Å²) >= 11 is 5.84. The maximum atomic E-state index is 12.2. The third-order valence-corrected chi connectivity index (χ3v) is 7.89. The Morgan fingerprint density at radius 2 is 1.51 bits per heavy atom. The van der Waals surface area contributed by atoms with Gasteiger partial charge in [-0.2, -0.15) is 40.2 Å². The molecule has 0 aliphatic carbocycles. The number of anilines is 2. The highest BCUT2D eigenvalue weighted by Crippen LogP contribution is 2.46. The molecule has 0 radical (unpaired) electrons. The van der Waals surface area contributed by atoms with E-state index in [1.54, 1.807) is 0 Å². The molecule has 0 spiro atoms. The number of hydrogen-bond donors (Lipinski definition) is 5. The van der Waals surface area contributed by atoms with Crippen LogP contribution in [-0.2, 0) is 30.4 Å². The Hall–Kier alpha value is -4.05. The fourth-order valence-electron chi connectivity index (χ4n) is 3.46. The van der Waals surface area contributed by atoms with Crippen LogP contribution in [0.4, 0.5) is 23.0 Å². The molecule has 0 amide bonds. The summed E-state index contributed by atoms with van der Waals surface area (Å²) in [6.07, 6.45) is 0. The maximum Gasteiger partial charge on any atom is 0.322 e. The predicted molar refractivity (Wildman–Crippen MR) is 140 cm³/mol. The largest absolute Gasteiger partial charge is 0.505 e. The van der Waals surface area contributed by atoms with Crippen LogP contribution in [0.25, 0.3) is 10.8 Å². The lowest BCUT2D eigenvalue weighted by atomic mass is 10.1. The molecule has 0 saturated carbocycles. The van der Waals surface area contributed by atoms with Gasteiger partial charge in [0.15, 0.2) is 5.75 Å². The molecule has 0 atom stereocenters. The molecule has 4 rings (SSSR count). The van der Waals surface area contributed by atoms with Crippen molar-refractivity contribution in [1.29, 1.82) is 0 Å². The van der Waals surface area contributed by atoms with Crippen molar-refractivity contribution in [2.45, 2.75) is 14.7 Å². The van der Waals surface area contributed by atoms with Gasteiger partial charge in [0.05, 0.1) is 17.7 Å². The van der Waals surface area contributed by atoms with Crippen molar-refractivity contribution < 1.29 is 48.8 Å². The number of fused-ring (bicyclic) bond motifs is 1. The second kappa shape index (κ2) is 10.7. The molecular formula is C20H15ClN6O11S3. The van der Waals surface area contributed by atoms with E-state index in [0.717, 1.165) is 24.3 Å². The Labute approximate surface area is 235 Å². The molecule has 3 aromatic carbocycles. The van der Waals surface area contributed by atoms with E-state index in [-0.39, 0.29) is 33.7 Å². The normalized spacial score (nSPS) is 12.6. The molecule has 0 saturated heterocycles. The summed E-state index contributed by atoms with van der Waals surface area (Å²) < 4.78 is 106. The molecular weight excluding hydrogens is 632 g/mol. The van der Waals surface area contributed by atoms with Crippen LogP contribution in [0.15, 0.2) is 67.4 Å². The number of phenolic OH excluding ortho intramolecular Hbond substituents is 1. The number of methoxy groups -OCH3 is 1. The van der Waals surface area contributed by atoms with Gasteiger partial charge in [0.25, 0.3) is 30.4 Å². The topological polar surface area (TPSA) is 268 Å². The second-order valence-electron chi connectivity index (χ2n) is 7.77. The lowest BCUT2D eigenvalue weighted by Crippen LogP contribution is -2.05. The van der Waals surface area contributed by atoms with E-state index in [2.05, 4.69) is 30.5 Å². The average Bonchev–Trinajstić information content (AvgIpc) is 2.85. The third-order valence-electron chi connectivity index (χ3n) is 5.12. The van der Waals surface area contributed by atoms with Gasteiger partial charge in [-0.05, 0) is 47.3 Å². The Kier molecular flexibility index (Phi) is 7.84. The van der Waals surface area contributed by atoms with Crippen molar-refractivity contribution in [3.63, 3.8) is 0 Å². The van der Waals surface area contributed by atoms with E-state index >= 15 is 0 Å². The number of hydrogen-bond acceptors (Lipinski definition) is 14. The van der Waals surface area contributed by atoms with Crippen molar-refractivity contribution in [2.75, 3.05) is 12.4 Å². The molecule has 0 fully saturated rings. The molecule has 4 aromatic rings. The third kappa shape index (κ3) is 6.48. The van der Waals surface area contributed by atoms with Crippen LogP contribution >= 0.6 is 11.6 Å². The van der Waals surface area contributed by atoms with Crippen molar-refractivity contribution in [3.05, 3.63) is 47.7 Å². The second-order valence-corrected chi connectivity index (χ2v) is 12.3. The van der Waals surface area contributed by atoms with E-state index < -0.39 is 62.2 Å². The summed E-state index contributed by atoms with van der Waals surface area (Å²) in [7, 11) is -13.7. The average molecular weight is 647 g/mol. The van der Waals surface area contributed by atoms with Crippen LogP contribution in [0.5, 0.6) is 11.8 Å². The highest BCUT2D eigenvalue weighted by molar-refractivity contribution is 7.86. The summed E-state index contributed by atoms with van der Waals surface area (Å²) in [5, 5.41) is 19.9. The zero-order valence-electron chi connectivity index (χ0n) is 20.0. The molecule has 21 heteroatoms. The van der Waals surface area contributed by atoms with E-state index in [1.165, 1.54) is 19.2 Å². The number of nitrogens with one attached hydrogen (secondary N) is 1. The van der Waals surface area contributed by atoms with Gasteiger partial charge in [0, 0.05) is 5.39 Å². The van der Waals surface area contributed by atoms with Crippen LogP contribution in [-0.4, -0.2) is 66.1 Å². The van der Waals surface area contributed by atoms with Crippen LogP contribution in [0.1, 0.15) is 0 Å². The van der Waals surface area contributed by atoms with Gasteiger partial charge in [0.2, 0.25) is 11.2 Å². The number of azo groups is 1. The monoisotopic (exact) mass is 646 g/mol. The lowest BCUT2D eigenvalue weighted by molar-refractivity contribution is 0.379. The number of nitrogens with zero attached hydrogens (tertiary/aromatic N) is 5. The van der Waals surface area contributed by atoms with Gasteiger partial charge in [-0.1, -0.05) is 12.1 Å². The van der Waals surface area contributed by atoms with Crippen molar-refractivity contribution >= 4 is 75.7 Å². The predicted octanol–water partition coefficient (Wildman–Crippen LogP) is 3.29. The number of phenols is 1. The van der Waals surface area contributed by atoms with Gasteiger partial charge in [0.1, 0.15) is 21.2 Å². The first-order valence-corrected chi connectivity index (χ1v) is 15.2. The number of ether oxygens (including phenoxy) is 1. The zero-order chi connectivity index (χ0) is 30.3. The van der Waals surface area contributed by atoms with Crippen molar-refractivity contribution in [2.24, 2.45) is 10.2 Å². The fourth-order valence-corrected chi connectivity index (χ4v) is 5.44. The number of benzene rings is 3. The van der Waals surface area contributed by atoms with Crippen molar-refractivity contribution in [1.82, 2.24) is 15.0 Å². The van der Waals surface area contributed by atoms with Crippen LogP contribution in [0.2, 0.25) is 5.28 Å². The van der Waals surface area contributed by atoms with E-state index in [9.17, 15) is 44.0 Å². The summed E-state index contributed by atoms with van der Waals surface area (Å²) in [6.45, 7) is 0. The molecule has 0 aliphatic rings. The van der Waals surface area contributed by atoms with Gasteiger partial charge >= 0.3 is 6.01 Å². The Balaban J connectivity index is 2.06. The smallest absolute Gasteiger partial charge is 0.322 e. The summed E-state index contributed by atoms with van der Waals surface area (Å²) in [6, 6.07) is 6.68. The molecule has 1 aromatic heterocycles. The Morgan fingerprint density at radius 1 is 0.854 bits per heavy atom. The highest BCUT2D eigenvalue weighted by atomic mass is 35.5. The SMILES string of the molecule is COc1nc(Cl)nc(Nc2cc(S(=O)(=O)O)cc3cc(S(=O)(=O)O)c(N=Nc4ccccc4S(=O)(=O)O)c(O)c23)n1. The van der Waals surface area contributed by atoms with Crippen LogP contribution in [0, 0.1) is 0 Å². The Morgan fingerprint density at radius 3 is 2.12 bits per heavy atom. The summed E-state index contributed by atoms with van der Waals surface area (Å²) in [4.78, 5) is 8.76. The van der Waals surface area contributed by atoms with E-state index in [0.29, 0.717) is 6.07 Å². The molecule has 41 heavy (non-hydrogen) atoms. The number of aromatic hydroxyl groups is 1. The van der Waals surface area contributed by atoms with Gasteiger partial charge in [-0.25, -0.2) is 0 Å². The fraction of sp³-hybridized carbons (Fsp3) is 0.0500. The summed E-state index contributed by atoms with van der Waals surface area (Å²) in [5.74, 6) is -1.36. The quantitative estimate of drug-likeness (QED) is 0.136. The lowest BCUT2D eigenvalue weighted by Gasteiger charge is -2.15. The minimum atomic E-state index is -5.21. The van der Waals surface area contributed by atoms with Crippen LogP contribution < -0.4 is 10.1 Å². The number of rotatable bonds is 8. The first-order chi connectivity index (χ1) is 19.0. The molecule has 0 unspecified atom stereocenters. The van der Waals surface area contributed by atoms with E-state index in [1.807, 2.05) is 0 Å². The minimum absolute atomic E-state index is 0.271. The molecule has 1 heterocycles. The first-order valence-electron chi connectivity index (χ1n) is 10.5.